The summed E-state index contributed by atoms with van der Waals surface area (Å²) in [5.41, 5.74) is 0.496. The molecule has 1 rings (SSSR count). The number of Topliss-reactive ketones (excluding diaryl/α,β-unsaturated/α-hetero) is 1. The molecular formula is C18H28FO5P. The van der Waals surface area contributed by atoms with Crippen molar-refractivity contribution >= 4 is 13.4 Å². The van der Waals surface area contributed by atoms with Crippen LogP contribution in [0.4, 0.5) is 4.39 Å². The summed E-state index contributed by atoms with van der Waals surface area (Å²) in [6.45, 7) is 12.2. The Balaban J connectivity index is 3.86. The Morgan fingerprint density at radius 3 is 1.84 bits per heavy atom. The fourth-order valence-electron chi connectivity index (χ4n) is 2.39. The highest BCUT2D eigenvalue weighted by molar-refractivity contribution is 7.54. The lowest BCUT2D eigenvalue weighted by Crippen LogP contribution is -2.31. The molecule has 1 atom stereocenters. The first kappa shape index (κ1) is 21.8. The Hall–Kier alpha value is -1.23. The molecule has 0 aliphatic carbocycles. The fraction of sp³-hybridized carbons (Fsp3) is 0.611. The van der Waals surface area contributed by atoms with Crippen LogP contribution in [0.15, 0.2) is 12.1 Å². The van der Waals surface area contributed by atoms with E-state index < -0.39 is 24.2 Å². The molecule has 1 aromatic rings. The van der Waals surface area contributed by atoms with Gasteiger partial charge in [0.15, 0.2) is 0 Å². The van der Waals surface area contributed by atoms with Gasteiger partial charge in [-0.25, -0.2) is 4.39 Å². The van der Waals surface area contributed by atoms with Gasteiger partial charge < -0.3 is 14.5 Å². The summed E-state index contributed by atoms with van der Waals surface area (Å²) in [6.07, 6.45) is 0. The summed E-state index contributed by atoms with van der Waals surface area (Å²) < 4.78 is 31.5. The first-order valence-electron chi connectivity index (χ1n) is 7.97. The summed E-state index contributed by atoms with van der Waals surface area (Å²) in [5.74, 6) is -1.14. The van der Waals surface area contributed by atoms with Gasteiger partial charge in [0.2, 0.25) is 5.78 Å². The van der Waals surface area contributed by atoms with Gasteiger partial charge in [-0.2, -0.15) is 0 Å². The zero-order chi connectivity index (χ0) is 20.0. The van der Waals surface area contributed by atoms with Gasteiger partial charge in [0.05, 0.1) is 12.7 Å². The average Bonchev–Trinajstić information content (AvgIpc) is 2.41. The Bertz CT molecular complexity index is 720. The van der Waals surface area contributed by atoms with Crippen LogP contribution in [-0.4, -0.2) is 28.1 Å². The van der Waals surface area contributed by atoms with E-state index in [-0.39, 0.29) is 16.7 Å². The first-order valence-corrected chi connectivity index (χ1v) is 9.58. The Labute approximate surface area is 148 Å². The molecule has 25 heavy (non-hydrogen) atoms. The number of hydrogen-bond donors (Lipinski definition) is 2. The van der Waals surface area contributed by atoms with Crippen molar-refractivity contribution in [3.63, 3.8) is 0 Å². The van der Waals surface area contributed by atoms with E-state index in [0.29, 0.717) is 12.5 Å². The van der Waals surface area contributed by atoms with E-state index in [0.717, 1.165) is 5.56 Å². The molecule has 0 aromatic heterocycles. The third-order valence-corrected chi connectivity index (χ3v) is 5.47. The van der Waals surface area contributed by atoms with Gasteiger partial charge in [0.1, 0.15) is 5.75 Å². The van der Waals surface area contributed by atoms with Gasteiger partial charge in [0, 0.05) is 5.56 Å². The molecule has 0 aliphatic rings. The van der Waals surface area contributed by atoms with Crippen molar-refractivity contribution in [2.45, 2.75) is 64.7 Å². The van der Waals surface area contributed by atoms with Crippen molar-refractivity contribution in [2.75, 3.05) is 7.11 Å². The SMILES string of the molecule is COc1c(C(=O)C(C)(F)P(=O)(O)O)cc(C(C)(C)C)cc1C(C)(C)C. The number of ether oxygens (including phenoxy) is 1. The molecule has 2 N–H and O–H groups in total. The maximum absolute atomic E-state index is 14.7. The second-order valence-corrected chi connectivity index (χ2v) is 10.4. The van der Waals surface area contributed by atoms with Gasteiger partial charge in [-0.1, -0.05) is 47.6 Å². The molecule has 0 heterocycles. The summed E-state index contributed by atoms with van der Waals surface area (Å²) in [5, 5.41) is -3.33. The monoisotopic (exact) mass is 374 g/mol. The highest BCUT2D eigenvalue weighted by atomic mass is 31.2. The minimum atomic E-state index is -5.30. The van der Waals surface area contributed by atoms with Crippen molar-refractivity contribution in [3.8, 4) is 5.75 Å². The van der Waals surface area contributed by atoms with Crippen LogP contribution < -0.4 is 4.74 Å². The fourth-order valence-corrected chi connectivity index (χ4v) is 2.77. The molecule has 0 radical (unpaired) electrons. The maximum Gasteiger partial charge on any atom is 0.370 e. The Kier molecular flexibility index (Phi) is 5.66. The third kappa shape index (κ3) is 4.30. The zero-order valence-corrected chi connectivity index (χ0v) is 17.0. The van der Waals surface area contributed by atoms with Crippen LogP contribution >= 0.6 is 7.60 Å². The Morgan fingerprint density at radius 1 is 1.04 bits per heavy atom. The van der Waals surface area contributed by atoms with Gasteiger partial charge in [0.25, 0.3) is 5.41 Å². The number of hydrogen-bond acceptors (Lipinski definition) is 3. The molecule has 0 spiro atoms. The largest absolute Gasteiger partial charge is 0.496 e. The lowest BCUT2D eigenvalue weighted by Gasteiger charge is -2.30. The first-order chi connectivity index (χ1) is 10.9. The van der Waals surface area contributed by atoms with E-state index in [1.165, 1.54) is 13.2 Å². The molecule has 0 amide bonds. The number of carbonyl (C=O) groups excluding carboxylic acids is 1. The highest BCUT2D eigenvalue weighted by Crippen LogP contribution is 2.54. The van der Waals surface area contributed by atoms with Crippen molar-refractivity contribution in [1.82, 2.24) is 0 Å². The molecular weight excluding hydrogens is 346 g/mol. The smallest absolute Gasteiger partial charge is 0.370 e. The van der Waals surface area contributed by atoms with Crippen LogP contribution in [0.2, 0.25) is 0 Å². The molecule has 1 aromatic carbocycles. The van der Waals surface area contributed by atoms with Gasteiger partial charge in [-0.05, 0) is 29.4 Å². The molecule has 5 nitrogen and oxygen atoms in total. The van der Waals surface area contributed by atoms with Crippen molar-refractivity contribution in [3.05, 3.63) is 28.8 Å². The maximum atomic E-state index is 14.7. The summed E-state index contributed by atoms with van der Waals surface area (Å²) >= 11 is 0. The average molecular weight is 374 g/mol. The third-order valence-electron chi connectivity index (χ3n) is 4.17. The van der Waals surface area contributed by atoms with Crippen LogP contribution in [0.1, 0.15) is 70.0 Å². The number of benzene rings is 1. The van der Waals surface area contributed by atoms with E-state index in [1.807, 2.05) is 47.6 Å². The summed E-state index contributed by atoms with van der Waals surface area (Å²) in [4.78, 5) is 31.3. The second-order valence-electron chi connectivity index (χ2n) is 8.43. The highest BCUT2D eigenvalue weighted by Gasteiger charge is 2.51. The molecule has 0 bridgehead atoms. The molecule has 0 saturated carbocycles. The number of carbonyl (C=O) groups is 1. The minimum absolute atomic E-state index is 0.142. The topological polar surface area (TPSA) is 83.8 Å². The summed E-state index contributed by atoms with van der Waals surface area (Å²) in [7, 11) is -3.95. The van der Waals surface area contributed by atoms with E-state index in [9.17, 15) is 23.5 Å². The van der Waals surface area contributed by atoms with Crippen molar-refractivity contribution in [1.29, 1.82) is 0 Å². The van der Waals surface area contributed by atoms with Crippen LogP contribution in [-0.2, 0) is 15.4 Å². The number of halogens is 1. The van der Waals surface area contributed by atoms with E-state index in [4.69, 9.17) is 4.74 Å². The van der Waals surface area contributed by atoms with Crippen molar-refractivity contribution in [2.24, 2.45) is 0 Å². The van der Waals surface area contributed by atoms with Crippen LogP contribution in [0.5, 0.6) is 5.75 Å². The quantitative estimate of drug-likeness (QED) is 0.605. The standard InChI is InChI=1S/C18H28FO5P/c1-16(2,3)11-9-12(15(20)18(7,19)25(21,22)23)14(24-8)13(10-11)17(4,5)6/h9-10H,1-8H3,(H2,21,22,23). The predicted molar refractivity (Wildman–Crippen MR) is 96.3 cm³/mol. The van der Waals surface area contributed by atoms with Crippen LogP contribution in [0, 0.1) is 0 Å². The normalized spacial score (nSPS) is 15.6. The molecule has 0 saturated heterocycles. The van der Waals surface area contributed by atoms with Crippen molar-refractivity contribution < 1.29 is 28.3 Å². The van der Waals surface area contributed by atoms with E-state index >= 15 is 0 Å². The Morgan fingerprint density at radius 2 is 1.52 bits per heavy atom. The zero-order valence-electron chi connectivity index (χ0n) is 16.1. The lowest BCUT2D eigenvalue weighted by molar-refractivity contribution is 0.0808. The molecule has 0 fully saturated rings. The second kappa shape index (κ2) is 6.49. The van der Waals surface area contributed by atoms with E-state index in [1.54, 1.807) is 0 Å². The van der Waals surface area contributed by atoms with Gasteiger partial charge >= 0.3 is 7.60 Å². The molecule has 7 heteroatoms. The van der Waals surface area contributed by atoms with Crippen LogP contribution in [0.25, 0.3) is 0 Å². The minimum Gasteiger partial charge on any atom is -0.496 e. The molecule has 1 unspecified atom stereocenters. The number of rotatable bonds is 4. The van der Waals surface area contributed by atoms with Crippen LogP contribution in [0.3, 0.4) is 0 Å². The lowest BCUT2D eigenvalue weighted by atomic mass is 9.78. The number of ketones is 1. The van der Waals surface area contributed by atoms with Gasteiger partial charge in [-0.15, -0.1) is 0 Å². The van der Waals surface area contributed by atoms with Gasteiger partial charge in [-0.3, -0.25) is 9.36 Å². The molecule has 142 valence electrons. The summed E-state index contributed by atoms with van der Waals surface area (Å²) in [6, 6.07) is 3.35. The number of methoxy groups -OCH3 is 1. The molecule has 0 aliphatic heterocycles. The predicted octanol–water partition coefficient (Wildman–Crippen LogP) is 4.34. The van der Waals surface area contributed by atoms with E-state index in [2.05, 4.69) is 0 Å². The number of alkyl halides is 1.